The maximum absolute atomic E-state index is 6.46. The molecule has 7 aromatic carbocycles. The zero-order chi connectivity index (χ0) is 36.0. The van der Waals surface area contributed by atoms with E-state index in [-0.39, 0.29) is 0 Å². The average Bonchev–Trinajstić information content (AvgIpc) is 3.93. The SMILES string of the molecule is c1ccc(-c2nc(-c3ccnc4c3oc3ccccc34)nc(-n3c4cc(-c5cccc6c5sc5ccccc56)ccc4c4c5ccccc5ccc43)n2)cc1. The first-order valence-electron chi connectivity index (χ1n) is 18.2. The van der Waals surface area contributed by atoms with Gasteiger partial charge in [0.1, 0.15) is 11.1 Å². The highest BCUT2D eigenvalue weighted by atomic mass is 32.1. The number of thiophene rings is 1. The fraction of sp³-hybridized carbons (Fsp3) is 0. The van der Waals surface area contributed by atoms with Crippen molar-refractivity contribution in [2.45, 2.75) is 0 Å². The lowest BCUT2D eigenvalue weighted by atomic mass is 10.00. The molecule has 256 valence electrons. The molecule has 0 atom stereocenters. The van der Waals surface area contributed by atoms with Crippen LogP contribution in [0.1, 0.15) is 0 Å². The Hall–Kier alpha value is -7.22. The Labute approximate surface area is 317 Å². The first-order valence-corrected chi connectivity index (χ1v) is 19.0. The third-order valence-corrected chi connectivity index (χ3v) is 11.9. The number of aromatic nitrogens is 5. The van der Waals surface area contributed by atoms with Crippen LogP contribution in [-0.4, -0.2) is 24.5 Å². The number of pyridine rings is 1. The highest BCUT2D eigenvalue weighted by molar-refractivity contribution is 7.26. The van der Waals surface area contributed by atoms with Crippen molar-refractivity contribution in [3.8, 4) is 39.9 Å². The summed E-state index contributed by atoms with van der Waals surface area (Å²) in [6.07, 6.45) is 1.80. The van der Waals surface area contributed by atoms with Crippen molar-refractivity contribution in [2.24, 2.45) is 0 Å². The van der Waals surface area contributed by atoms with E-state index in [1.54, 1.807) is 6.20 Å². The minimum Gasteiger partial charge on any atom is -0.454 e. The van der Waals surface area contributed by atoms with Crippen molar-refractivity contribution in [3.05, 3.63) is 164 Å². The van der Waals surface area contributed by atoms with Gasteiger partial charge in [0, 0.05) is 48.1 Å². The Balaban J connectivity index is 1.18. The van der Waals surface area contributed by atoms with Gasteiger partial charge < -0.3 is 4.42 Å². The lowest BCUT2D eigenvalue weighted by Crippen LogP contribution is -2.06. The van der Waals surface area contributed by atoms with Crippen LogP contribution >= 0.6 is 11.3 Å². The van der Waals surface area contributed by atoms with Crippen LogP contribution in [0.3, 0.4) is 0 Å². The minimum absolute atomic E-state index is 0.511. The molecule has 5 aromatic heterocycles. The second-order valence-electron chi connectivity index (χ2n) is 13.8. The Morgan fingerprint density at radius 2 is 1.29 bits per heavy atom. The van der Waals surface area contributed by atoms with Crippen molar-refractivity contribution in [1.29, 1.82) is 0 Å². The Kier molecular flexibility index (Phi) is 6.40. The third-order valence-electron chi connectivity index (χ3n) is 10.7. The molecule has 0 saturated heterocycles. The van der Waals surface area contributed by atoms with Crippen LogP contribution < -0.4 is 0 Å². The maximum atomic E-state index is 6.46. The first-order chi connectivity index (χ1) is 27.3. The molecule has 0 aliphatic rings. The Bertz CT molecular complexity index is 3510. The van der Waals surface area contributed by atoms with Crippen molar-refractivity contribution >= 4 is 86.2 Å². The molecule has 0 radical (unpaired) electrons. The number of hydrogen-bond donors (Lipinski definition) is 0. The molecule has 0 aliphatic heterocycles. The molecule has 12 rings (SSSR count). The van der Waals surface area contributed by atoms with Gasteiger partial charge in [-0.3, -0.25) is 9.55 Å². The van der Waals surface area contributed by atoms with E-state index in [0.717, 1.165) is 55.0 Å². The van der Waals surface area contributed by atoms with Crippen molar-refractivity contribution in [3.63, 3.8) is 0 Å². The lowest BCUT2D eigenvalue weighted by molar-refractivity contribution is 0.668. The van der Waals surface area contributed by atoms with Crippen LogP contribution in [0.25, 0.3) is 115 Å². The van der Waals surface area contributed by atoms with E-state index in [0.29, 0.717) is 23.2 Å². The quantitative estimate of drug-likeness (QED) is 0.181. The zero-order valence-corrected chi connectivity index (χ0v) is 30.0. The second-order valence-corrected chi connectivity index (χ2v) is 14.9. The van der Waals surface area contributed by atoms with Crippen LogP contribution in [0.4, 0.5) is 0 Å². The fourth-order valence-electron chi connectivity index (χ4n) is 8.23. The van der Waals surface area contributed by atoms with Crippen LogP contribution in [0.5, 0.6) is 0 Å². The molecule has 5 heterocycles. The Morgan fingerprint density at radius 3 is 2.22 bits per heavy atom. The van der Waals surface area contributed by atoms with Gasteiger partial charge in [-0.05, 0) is 58.3 Å². The van der Waals surface area contributed by atoms with Crippen molar-refractivity contribution < 1.29 is 4.42 Å². The van der Waals surface area contributed by atoms with Gasteiger partial charge in [-0.1, -0.05) is 121 Å². The molecule has 6 nitrogen and oxygen atoms in total. The Morgan fingerprint density at radius 1 is 0.509 bits per heavy atom. The summed E-state index contributed by atoms with van der Waals surface area (Å²) in [6, 6.07) is 55.1. The number of para-hydroxylation sites is 1. The monoisotopic (exact) mass is 721 g/mol. The van der Waals surface area contributed by atoms with Gasteiger partial charge >= 0.3 is 0 Å². The molecule has 0 fully saturated rings. The lowest BCUT2D eigenvalue weighted by Gasteiger charge is -2.12. The highest BCUT2D eigenvalue weighted by Gasteiger charge is 2.22. The molecule has 0 aliphatic carbocycles. The summed E-state index contributed by atoms with van der Waals surface area (Å²) in [7, 11) is 0. The molecular weight excluding hydrogens is 695 g/mol. The summed E-state index contributed by atoms with van der Waals surface area (Å²) in [5.74, 6) is 1.61. The normalized spacial score (nSPS) is 12.0. The summed E-state index contributed by atoms with van der Waals surface area (Å²) >= 11 is 1.84. The number of rotatable bonds is 4. The van der Waals surface area contributed by atoms with E-state index < -0.39 is 0 Å². The third kappa shape index (κ3) is 4.54. The smallest absolute Gasteiger partial charge is 0.238 e. The van der Waals surface area contributed by atoms with E-state index in [1.165, 1.54) is 36.5 Å². The summed E-state index contributed by atoms with van der Waals surface area (Å²) in [4.78, 5) is 20.4. The van der Waals surface area contributed by atoms with Crippen LogP contribution in [0, 0.1) is 0 Å². The van der Waals surface area contributed by atoms with Gasteiger partial charge in [0.15, 0.2) is 17.2 Å². The second kappa shape index (κ2) is 11.6. The molecule has 0 bridgehead atoms. The number of furan rings is 1. The molecule has 0 amide bonds. The molecule has 7 heteroatoms. The average molecular weight is 722 g/mol. The van der Waals surface area contributed by atoms with Crippen LogP contribution in [-0.2, 0) is 0 Å². The van der Waals surface area contributed by atoms with Gasteiger partial charge in [-0.2, -0.15) is 9.97 Å². The highest BCUT2D eigenvalue weighted by Crippen LogP contribution is 2.43. The molecule has 0 unspecified atom stereocenters. The van der Waals surface area contributed by atoms with E-state index >= 15 is 0 Å². The van der Waals surface area contributed by atoms with E-state index in [2.05, 4.69) is 102 Å². The predicted octanol–water partition coefficient (Wildman–Crippen LogP) is 12.8. The molecular formula is C48H27N5OS. The number of fused-ring (bicyclic) bond motifs is 11. The van der Waals surface area contributed by atoms with Crippen molar-refractivity contribution in [2.75, 3.05) is 0 Å². The summed E-state index contributed by atoms with van der Waals surface area (Å²) in [5, 5.41) is 8.16. The minimum atomic E-state index is 0.511. The number of hydrogen-bond acceptors (Lipinski definition) is 6. The number of benzene rings is 7. The van der Waals surface area contributed by atoms with Crippen molar-refractivity contribution in [1.82, 2.24) is 24.5 Å². The van der Waals surface area contributed by atoms with E-state index in [1.807, 2.05) is 72.0 Å². The van der Waals surface area contributed by atoms with Gasteiger partial charge in [-0.25, -0.2) is 4.98 Å². The molecule has 55 heavy (non-hydrogen) atoms. The van der Waals surface area contributed by atoms with Crippen LogP contribution in [0.2, 0.25) is 0 Å². The first kappa shape index (κ1) is 30.3. The molecule has 0 N–H and O–H groups in total. The standard InChI is InChI=1S/C48H27N5OS/c1-2-12-29(13-3-1)46-50-47(37-25-26-49-43-36-16-6-8-19-40(36)54-44(37)43)52-48(51-46)53-38-24-22-28-11-4-5-14-31(28)42(38)35-23-21-30(27-39(35)53)32-17-10-18-34-33-15-7-9-20-41(33)55-45(32)34/h1-27H. The fourth-order valence-corrected chi connectivity index (χ4v) is 9.47. The largest absolute Gasteiger partial charge is 0.454 e. The molecule has 0 spiro atoms. The van der Waals surface area contributed by atoms with Gasteiger partial charge in [0.2, 0.25) is 5.95 Å². The molecule has 0 saturated carbocycles. The van der Waals surface area contributed by atoms with Crippen LogP contribution in [0.15, 0.2) is 168 Å². The maximum Gasteiger partial charge on any atom is 0.238 e. The van der Waals surface area contributed by atoms with E-state index in [9.17, 15) is 0 Å². The predicted molar refractivity (Wildman–Crippen MR) is 226 cm³/mol. The number of nitrogens with zero attached hydrogens (tertiary/aromatic N) is 5. The summed E-state index contributed by atoms with van der Waals surface area (Å²) in [6.45, 7) is 0. The van der Waals surface area contributed by atoms with E-state index in [4.69, 9.17) is 24.4 Å². The zero-order valence-electron chi connectivity index (χ0n) is 29.1. The van der Waals surface area contributed by atoms with Gasteiger partial charge in [-0.15, -0.1) is 11.3 Å². The van der Waals surface area contributed by atoms with Gasteiger partial charge in [0.25, 0.3) is 0 Å². The summed E-state index contributed by atoms with van der Waals surface area (Å²) < 4.78 is 11.2. The summed E-state index contributed by atoms with van der Waals surface area (Å²) in [5.41, 5.74) is 8.21. The topological polar surface area (TPSA) is 69.6 Å². The molecule has 12 aromatic rings. The van der Waals surface area contributed by atoms with Gasteiger partial charge in [0.05, 0.1) is 16.6 Å².